The number of anilines is 3. The zero-order chi connectivity index (χ0) is 29.6. The normalized spacial score (nSPS) is 13.9. The van der Waals surface area contributed by atoms with Crippen LogP contribution in [-0.4, -0.2) is 47.7 Å². The molecular weight excluding hydrogens is 559 g/mol. The van der Waals surface area contributed by atoms with Crippen molar-refractivity contribution in [1.29, 1.82) is 0 Å². The second-order valence-corrected chi connectivity index (χ2v) is 11.5. The van der Waals surface area contributed by atoms with E-state index in [1.54, 1.807) is 12.1 Å². The summed E-state index contributed by atoms with van der Waals surface area (Å²) in [4.78, 5) is 14.7. The van der Waals surface area contributed by atoms with E-state index in [9.17, 15) is 26.4 Å². The van der Waals surface area contributed by atoms with Crippen molar-refractivity contribution in [3.63, 3.8) is 0 Å². The smallest absolute Gasteiger partial charge is 0.416 e. The molecule has 1 heterocycles. The molecule has 1 aliphatic rings. The van der Waals surface area contributed by atoms with E-state index in [0.29, 0.717) is 36.8 Å². The summed E-state index contributed by atoms with van der Waals surface area (Å²) in [6.45, 7) is 3.24. The first kappa shape index (κ1) is 30.0. The van der Waals surface area contributed by atoms with E-state index >= 15 is 0 Å². The average molecular weight is 592 g/mol. The maximum absolute atomic E-state index is 13.4. The van der Waals surface area contributed by atoms with Gasteiger partial charge in [0.25, 0.3) is 15.9 Å². The number of alkyl halides is 3. The van der Waals surface area contributed by atoms with Gasteiger partial charge in [0.15, 0.2) is 6.61 Å². The molecule has 1 amide bonds. The van der Waals surface area contributed by atoms with E-state index in [-0.39, 0.29) is 16.3 Å². The van der Waals surface area contributed by atoms with Crippen LogP contribution in [-0.2, 0) is 21.0 Å². The Morgan fingerprint density at radius 2 is 1.54 bits per heavy atom. The Balaban J connectivity index is 1.40. The summed E-state index contributed by atoms with van der Waals surface area (Å²) < 4.78 is 78.1. The minimum atomic E-state index is -4.55. The number of benzene rings is 3. The zero-order valence-electron chi connectivity index (χ0n) is 22.8. The number of amides is 1. The molecule has 220 valence electrons. The lowest BCUT2D eigenvalue weighted by atomic mass is 10.1. The zero-order valence-corrected chi connectivity index (χ0v) is 23.6. The molecule has 41 heavy (non-hydrogen) atoms. The van der Waals surface area contributed by atoms with Crippen molar-refractivity contribution in [2.45, 2.75) is 37.3 Å². The van der Waals surface area contributed by atoms with Crippen molar-refractivity contribution in [1.82, 2.24) is 0 Å². The van der Waals surface area contributed by atoms with Crippen LogP contribution >= 0.6 is 0 Å². The van der Waals surface area contributed by atoms with Crippen molar-refractivity contribution < 1.29 is 35.9 Å². The van der Waals surface area contributed by atoms with Gasteiger partial charge in [0.2, 0.25) is 0 Å². The molecule has 4 rings (SSSR count). The van der Waals surface area contributed by atoms with Crippen LogP contribution in [0.15, 0.2) is 71.6 Å². The fourth-order valence-electron chi connectivity index (χ4n) is 4.48. The molecule has 1 N–H and O–H groups in total. The number of nitrogens with one attached hydrogen (secondary N) is 1. The van der Waals surface area contributed by atoms with Crippen molar-refractivity contribution in [2.24, 2.45) is 0 Å². The number of rotatable bonds is 10. The van der Waals surface area contributed by atoms with Gasteiger partial charge in [-0.1, -0.05) is 0 Å². The Bertz CT molecular complexity index is 1440. The predicted molar refractivity (Wildman–Crippen MR) is 151 cm³/mol. The Morgan fingerprint density at radius 1 is 0.927 bits per heavy atom. The maximum atomic E-state index is 13.4. The van der Waals surface area contributed by atoms with E-state index in [1.807, 2.05) is 11.8 Å². The molecule has 0 aliphatic carbocycles. The van der Waals surface area contributed by atoms with Crippen LogP contribution < -0.4 is 24.0 Å². The molecule has 0 spiro atoms. The van der Waals surface area contributed by atoms with E-state index in [2.05, 4.69) is 5.32 Å². The molecular formula is C29H32F3N3O5S. The van der Waals surface area contributed by atoms with Crippen LogP contribution in [0.3, 0.4) is 0 Å². The summed E-state index contributed by atoms with van der Waals surface area (Å²) in [5, 5.41) is 2.57. The Hall–Kier alpha value is -3.93. The first-order valence-corrected chi connectivity index (χ1v) is 14.6. The van der Waals surface area contributed by atoms with E-state index in [4.69, 9.17) is 9.47 Å². The Morgan fingerprint density at radius 3 is 2.15 bits per heavy atom. The number of ether oxygens (including phenoxy) is 2. The molecule has 12 heteroatoms. The van der Waals surface area contributed by atoms with Gasteiger partial charge in [-0.05, 0) is 92.9 Å². The second-order valence-electron chi connectivity index (χ2n) is 9.49. The van der Waals surface area contributed by atoms with Gasteiger partial charge in [0.05, 0.1) is 34.1 Å². The highest BCUT2D eigenvalue weighted by atomic mass is 32.2. The number of halogens is 3. The quantitative estimate of drug-likeness (QED) is 0.314. The Kier molecular flexibility index (Phi) is 9.31. The van der Waals surface area contributed by atoms with E-state index < -0.39 is 34.3 Å². The van der Waals surface area contributed by atoms with Gasteiger partial charge in [-0.2, -0.15) is 13.2 Å². The first-order chi connectivity index (χ1) is 19.5. The molecule has 0 aromatic heterocycles. The van der Waals surface area contributed by atoms with E-state index in [0.717, 1.165) is 35.7 Å². The third-order valence-electron chi connectivity index (χ3n) is 6.66. The fourth-order valence-corrected chi connectivity index (χ4v) is 5.68. The summed E-state index contributed by atoms with van der Waals surface area (Å²) in [7, 11) is -2.42. The van der Waals surface area contributed by atoms with Gasteiger partial charge in [-0.15, -0.1) is 0 Å². The Labute approximate surface area is 237 Å². The van der Waals surface area contributed by atoms with Crippen LogP contribution in [0, 0.1) is 0 Å². The molecule has 8 nitrogen and oxygen atoms in total. The number of hydrogen-bond acceptors (Lipinski definition) is 6. The van der Waals surface area contributed by atoms with Crippen LogP contribution in [0.2, 0.25) is 0 Å². The average Bonchev–Trinajstić information content (AvgIpc) is 2.96. The molecule has 3 aromatic rings. The second kappa shape index (κ2) is 12.7. The number of hydrogen-bond donors (Lipinski definition) is 1. The van der Waals surface area contributed by atoms with E-state index in [1.165, 1.54) is 49.5 Å². The molecule has 0 atom stereocenters. The lowest BCUT2D eigenvalue weighted by molar-refractivity contribution is -0.137. The molecule has 3 aromatic carbocycles. The summed E-state index contributed by atoms with van der Waals surface area (Å²) >= 11 is 0. The third kappa shape index (κ3) is 7.43. The highest BCUT2D eigenvalue weighted by molar-refractivity contribution is 7.92. The van der Waals surface area contributed by atoms with Crippen molar-refractivity contribution >= 4 is 33.0 Å². The van der Waals surface area contributed by atoms with Crippen molar-refractivity contribution in [3.8, 4) is 11.5 Å². The number of piperidine rings is 1. The molecule has 0 saturated carbocycles. The lowest BCUT2D eigenvalue weighted by Gasteiger charge is -2.31. The standard InChI is InChI=1S/C29H32F3N3O5S/c1-3-39-23-12-14-25(15-13-23)41(37,38)34(2)22-8-10-24(11-9-22)40-20-28(36)33-26-19-21(29(30,31)32)7-16-27(26)35-17-5-4-6-18-35/h7-16,19H,3-6,17-18,20H2,1-2H3,(H,33,36). The summed E-state index contributed by atoms with van der Waals surface area (Å²) in [5.74, 6) is 0.230. The molecule has 0 unspecified atom stereocenters. The summed E-state index contributed by atoms with van der Waals surface area (Å²) in [6.07, 6.45) is -1.66. The number of carbonyl (C=O) groups excluding carboxylic acids is 1. The monoisotopic (exact) mass is 591 g/mol. The van der Waals surface area contributed by atoms with Crippen molar-refractivity contribution in [2.75, 3.05) is 47.9 Å². The van der Waals surface area contributed by atoms with Crippen molar-refractivity contribution in [3.05, 3.63) is 72.3 Å². The topological polar surface area (TPSA) is 88.2 Å². The molecule has 0 bridgehead atoms. The maximum Gasteiger partial charge on any atom is 0.416 e. The summed E-state index contributed by atoms with van der Waals surface area (Å²) in [5.41, 5.74) is 0.124. The van der Waals surface area contributed by atoms with Crippen LogP contribution in [0.25, 0.3) is 0 Å². The molecule has 1 aliphatic heterocycles. The highest BCUT2D eigenvalue weighted by Crippen LogP contribution is 2.36. The van der Waals surface area contributed by atoms with Crippen LogP contribution in [0.4, 0.5) is 30.2 Å². The van der Waals surface area contributed by atoms with Gasteiger partial charge in [0.1, 0.15) is 11.5 Å². The SMILES string of the molecule is CCOc1ccc(S(=O)(=O)N(C)c2ccc(OCC(=O)Nc3cc(C(F)(F)F)ccc3N3CCCCC3)cc2)cc1. The summed E-state index contributed by atoms with van der Waals surface area (Å²) in [6, 6.07) is 15.5. The molecule has 1 fully saturated rings. The predicted octanol–water partition coefficient (Wildman–Crippen LogP) is 5.94. The van der Waals surface area contributed by atoms with Crippen LogP contribution in [0.1, 0.15) is 31.7 Å². The number of nitrogens with zero attached hydrogens (tertiary/aromatic N) is 2. The van der Waals surface area contributed by atoms with Gasteiger partial charge in [0, 0.05) is 20.1 Å². The minimum Gasteiger partial charge on any atom is -0.494 e. The third-order valence-corrected chi connectivity index (χ3v) is 8.46. The first-order valence-electron chi connectivity index (χ1n) is 13.2. The molecule has 1 saturated heterocycles. The fraction of sp³-hybridized carbons (Fsp3) is 0.345. The largest absolute Gasteiger partial charge is 0.494 e. The van der Waals surface area contributed by atoms with Gasteiger partial charge >= 0.3 is 6.18 Å². The molecule has 0 radical (unpaired) electrons. The van der Waals surface area contributed by atoms with Gasteiger partial charge in [-0.25, -0.2) is 8.42 Å². The highest BCUT2D eigenvalue weighted by Gasteiger charge is 2.32. The minimum absolute atomic E-state index is 0.0757. The lowest BCUT2D eigenvalue weighted by Crippen LogP contribution is -2.31. The van der Waals surface area contributed by atoms with Gasteiger partial charge in [-0.3, -0.25) is 9.10 Å². The number of carbonyl (C=O) groups is 1. The number of sulfonamides is 1. The van der Waals surface area contributed by atoms with Crippen LogP contribution in [0.5, 0.6) is 11.5 Å². The van der Waals surface area contributed by atoms with Gasteiger partial charge < -0.3 is 19.7 Å².